The van der Waals surface area contributed by atoms with Crippen LogP contribution in [0.25, 0.3) is 0 Å². The van der Waals surface area contributed by atoms with Gasteiger partial charge in [-0.25, -0.2) is 0 Å². The average molecular weight is 374 g/mol. The summed E-state index contributed by atoms with van der Waals surface area (Å²) in [6.45, 7) is 4.12. The molecule has 0 bridgehead atoms. The van der Waals surface area contributed by atoms with Crippen LogP contribution < -0.4 is 20.3 Å². The maximum absolute atomic E-state index is 12.2. The molecule has 3 rings (SSSR count). The van der Waals surface area contributed by atoms with E-state index in [0.29, 0.717) is 17.2 Å². The molecule has 1 aliphatic carbocycles. The first-order valence-corrected chi connectivity index (χ1v) is 9.49. The minimum Gasteiger partial charge on any atom is -0.494 e. The van der Waals surface area contributed by atoms with E-state index in [2.05, 4.69) is 10.9 Å². The van der Waals surface area contributed by atoms with Gasteiger partial charge in [0.15, 0.2) is 6.10 Å². The van der Waals surface area contributed by atoms with Crippen molar-refractivity contribution in [2.75, 3.05) is 6.61 Å². The number of nitrogens with one attached hydrogen (secondary N) is 2. The number of ether oxygens (including phenoxy) is 2. The molecule has 7 heteroatoms. The summed E-state index contributed by atoms with van der Waals surface area (Å²) in [7, 11) is 0. The molecule has 1 heterocycles. The summed E-state index contributed by atoms with van der Waals surface area (Å²) in [6, 6.07) is 8.94. The Morgan fingerprint density at radius 2 is 1.88 bits per heavy atom. The largest absolute Gasteiger partial charge is 0.494 e. The van der Waals surface area contributed by atoms with Gasteiger partial charge in [-0.2, -0.15) is 0 Å². The second-order valence-electron chi connectivity index (χ2n) is 6.02. The number of rotatable bonds is 6. The van der Waals surface area contributed by atoms with Crippen molar-refractivity contribution in [2.24, 2.45) is 0 Å². The summed E-state index contributed by atoms with van der Waals surface area (Å²) in [5, 5.41) is 0. The third kappa shape index (κ3) is 4.35. The monoisotopic (exact) mass is 374 g/mol. The maximum atomic E-state index is 12.2. The highest BCUT2D eigenvalue weighted by atomic mass is 32.1. The third-order valence-corrected chi connectivity index (χ3v) is 5.32. The lowest BCUT2D eigenvalue weighted by Gasteiger charge is -2.15. The molecule has 1 aromatic carbocycles. The fraction of sp³-hybridized carbons (Fsp3) is 0.368. The lowest BCUT2D eigenvalue weighted by molar-refractivity contribution is -0.128. The van der Waals surface area contributed by atoms with E-state index >= 15 is 0 Å². The van der Waals surface area contributed by atoms with E-state index in [0.717, 1.165) is 25.0 Å². The number of benzene rings is 1. The molecule has 1 aliphatic rings. The molecule has 0 aliphatic heterocycles. The molecule has 0 spiro atoms. The summed E-state index contributed by atoms with van der Waals surface area (Å²) in [4.78, 5) is 26.2. The molecule has 0 saturated carbocycles. The van der Waals surface area contributed by atoms with Gasteiger partial charge in [0.1, 0.15) is 11.5 Å². The number of fused-ring (bicyclic) bond motifs is 1. The normalized spacial score (nSPS) is 13.6. The summed E-state index contributed by atoms with van der Waals surface area (Å²) in [5.74, 6) is 0.575. The predicted octanol–water partition coefficient (Wildman–Crippen LogP) is 2.86. The molecule has 2 aromatic rings. The van der Waals surface area contributed by atoms with Gasteiger partial charge in [0.05, 0.1) is 11.5 Å². The Morgan fingerprint density at radius 3 is 2.58 bits per heavy atom. The SMILES string of the molecule is CCOc1ccc(O[C@@H](C)C(=O)NNC(=O)c2cc3c(s2)CCC3)cc1. The molecule has 0 unspecified atom stereocenters. The van der Waals surface area contributed by atoms with Gasteiger partial charge in [-0.1, -0.05) is 0 Å². The summed E-state index contributed by atoms with van der Waals surface area (Å²) in [6.07, 6.45) is 2.46. The zero-order valence-corrected chi connectivity index (χ0v) is 15.7. The van der Waals surface area contributed by atoms with E-state index < -0.39 is 12.0 Å². The topological polar surface area (TPSA) is 76.7 Å². The van der Waals surface area contributed by atoms with Crippen LogP contribution in [0.2, 0.25) is 0 Å². The molecule has 2 amide bonds. The fourth-order valence-corrected chi connectivity index (χ4v) is 3.91. The van der Waals surface area contributed by atoms with Crippen LogP contribution in [0.4, 0.5) is 0 Å². The van der Waals surface area contributed by atoms with E-state index in [1.807, 2.05) is 13.0 Å². The van der Waals surface area contributed by atoms with Crippen molar-refractivity contribution < 1.29 is 19.1 Å². The second-order valence-corrected chi connectivity index (χ2v) is 7.16. The van der Waals surface area contributed by atoms with E-state index in [1.54, 1.807) is 31.2 Å². The van der Waals surface area contributed by atoms with E-state index in [-0.39, 0.29) is 5.91 Å². The number of hydrazine groups is 1. The number of carbonyl (C=O) groups excluding carboxylic acids is 2. The highest BCUT2D eigenvalue weighted by Gasteiger charge is 2.20. The van der Waals surface area contributed by atoms with Gasteiger partial charge >= 0.3 is 0 Å². The number of hydrogen-bond donors (Lipinski definition) is 2. The van der Waals surface area contributed by atoms with Crippen LogP contribution in [0.15, 0.2) is 30.3 Å². The van der Waals surface area contributed by atoms with Gasteiger partial charge in [0.25, 0.3) is 11.8 Å². The van der Waals surface area contributed by atoms with Crippen molar-refractivity contribution >= 4 is 23.2 Å². The van der Waals surface area contributed by atoms with Crippen molar-refractivity contribution in [1.29, 1.82) is 0 Å². The summed E-state index contributed by atoms with van der Waals surface area (Å²) >= 11 is 1.49. The molecule has 1 atom stereocenters. The lowest BCUT2D eigenvalue weighted by atomic mass is 10.2. The predicted molar refractivity (Wildman–Crippen MR) is 99.7 cm³/mol. The average Bonchev–Trinajstić information content (AvgIpc) is 3.23. The molecule has 2 N–H and O–H groups in total. The first kappa shape index (κ1) is 18.3. The van der Waals surface area contributed by atoms with Gasteiger partial charge < -0.3 is 9.47 Å². The molecule has 138 valence electrons. The van der Waals surface area contributed by atoms with Crippen molar-refractivity contribution in [3.8, 4) is 11.5 Å². The van der Waals surface area contributed by atoms with E-state index in [1.165, 1.54) is 21.8 Å². The lowest BCUT2D eigenvalue weighted by Crippen LogP contribution is -2.47. The Balaban J connectivity index is 1.48. The van der Waals surface area contributed by atoms with Gasteiger partial charge in [0.2, 0.25) is 0 Å². The Hall–Kier alpha value is -2.54. The van der Waals surface area contributed by atoms with E-state index in [9.17, 15) is 9.59 Å². The van der Waals surface area contributed by atoms with Crippen molar-refractivity contribution in [1.82, 2.24) is 10.9 Å². The molecule has 0 saturated heterocycles. The molecule has 0 radical (unpaired) electrons. The van der Waals surface area contributed by atoms with Crippen LogP contribution in [-0.2, 0) is 17.6 Å². The van der Waals surface area contributed by atoms with Gasteiger partial charge in [-0.15, -0.1) is 11.3 Å². The molecular formula is C19H22N2O4S. The van der Waals surface area contributed by atoms with Crippen LogP contribution in [0, 0.1) is 0 Å². The quantitative estimate of drug-likeness (QED) is 0.763. The first-order chi connectivity index (χ1) is 12.6. The van der Waals surface area contributed by atoms with Gasteiger partial charge in [0, 0.05) is 4.88 Å². The van der Waals surface area contributed by atoms with Crippen molar-refractivity contribution in [2.45, 2.75) is 39.2 Å². The summed E-state index contributed by atoms with van der Waals surface area (Å²) < 4.78 is 10.9. The molecule has 0 fully saturated rings. The summed E-state index contributed by atoms with van der Waals surface area (Å²) in [5.41, 5.74) is 6.12. The first-order valence-electron chi connectivity index (χ1n) is 8.68. The van der Waals surface area contributed by atoms with Crippen LogP contribution in [-0.4, -0.2) is 24.5 Å². The molecular weight excluding hydrogens is 352 g/mol. The highest BCUT2D eigenvalue weighted by Crippen LogP contribution is 2.30. The Labute approximate surface area is 156 Å². The number of aryl methyl sites for hydroxylation is 2. The molecule has 1 aromatic heterocycles. The van der Waals surface area contributed by atoms with Crippen molar-refractivity contribution in [3.05, 3.63) is 45.6 Å². The van der Waals surface area contributed by atoms with Crippen LogP contribution >= 0.6 is 11.3 Å². The number of thiophene rings is 1. The highest BCUT2D eigenvalue weighted by molar-refractivity contribution is 7.14. The number of hydrogen-bond acceptors (Lipinski definition) is 5. The molecule has 6 nitrogen and oxygen atoms in total. The zero-order valence-electron chi connectivity index (χ0n) is 14.8. The fourth-order valence-electron chi connectivity index (χ4n) is 2.76. The van der Waals surface area contributed by atoms with Gasteiger partial charge in [-0.3, -0.25) is 20.4 Å². The van der Waals surface area contributed by atoms with Crippen LogP contribution in [0.3, 0.4) is 0 Å². The maximum Gasteiger partial charge on any atom is 0.279 e. The third-order valence-electron chi connectivity index (χ3n) is 4.09. The van der Waals surface area contributed by atoms with Gasteiger partial charge in [-0.05, 0) is 69.0 Å². The van der Waals surface area contributed by atoms with Crippen LogP contribution in [0.5, 0.6) is 11.5 Å². The van der Waals surface area contributed by atoms with E-state index in [4.69, 9.17) is 9.47 Å². The Bertz CT molecular complexity index is 764. The minimum atomic E-state index is -0.749. The zero-order chi connectivity index (χ0) is 18.5. The van der Waals surface area contributed by atoms with Crippen molar-refractivity contribution in [3.63, 3.8) is 0 Å². The second kappa shape index (κ2) is 8.23. The number of carbonyl (C=O) groups is 2. The number of amides is 2. The Kier molecular flexibility index (Phi) is 5.78. The smallest absolute Gasteiger partial charge is 0.279 e. The standard InChI is InChI=1S/C19H22N2O4S/c1-3-24-14-7-9-15(10-8-14)25-12(2)18(22)20-21-19(23)17-11-13-5-4-6-16(13)26-17/h7-12H,3-6H2,1-2H3,(H,20,22)(H,21,23)/t12-/m0/s1. The Morgan fingerprint density at radius 1 is 1.15 bits per heavy atom. The minimum absolute atomic E-state index is 0.300. The van der Waals surface area contributed by atoms with Crippen LogP contribution in [0.1, 0.15) is 40.4 Å². The molecule has 26 heavy (non-hydrogen) atoms.